The highest BCUT2D eigenvalue weighted by Crippen LogP contribution is 2.35. The molecule has 0 unspecified atom stereocenters. The highest BCUT2D eigenvalue weighted by atomic mass is 35.5. The Morgan fingerprint density at radius 1 is 1.05 bits per heavy atom. The molecular weight excluding hydrogens is 315 g/mol. The molecule has 0 aliphatic rings. The van der Waals surface area contributed by atoms with E-state index in [0.29, 0.717) is 5.39 Å². The lowest BCUT2D eigenvalue weighted by Crippen LogP contribution is -2.00. The Morgan fingerprint density at radius 3 is 2.16 bits per heavy atom. The van der Waals surface area contributed by atoms with Crippen molar-refractivity contribution in [3.63, 3.8) is 0 Å². The maximum absolute atomic E-state index is 11.0. The van der Waals surface area contributed by atoms with Crippen LogP contribution >= 0.6 is 24.8 Å². The standard InChI is InChI=1S/C10H10N2O4S.2ClH/c11-7-2-1-5-3-6(17(14,15)16)4-8(13)9(5)10(7)12;;/h1-4,13H,11-12H2,(H,14,15,16);2*1H. The summed E-state index contributed by atoms with van der Waals surface area (Å²) < 4.78 is 30.8. The van der Waals surface area contributed by atoms with Gasteiger partial charge in [0.25, 0.3) is 10.1 Å². The van der Waals surface area contributed by atoms with Crippen molar-refractivity contribution in [2.45, 2.75) is 4.90 Å². The number of nitrogen functional groups attached to an aromatic ring is 2. The smallest absolute Gasteiger partial charge is 0.294 e. The number of rotatable bonds is 1. The monoisotopic (exact) mass is 326 g/mol. The molecule has 0 spiro atoms. The first kappa shape index (κ1) is 17.6. The molecule has 0 aliphatic carbocycles. The van der Waals surface area contributed by atoms with Crippen molar-refractivity contribution in [2.75, 3.05) is 11.5 Å². The zero-order valence-corrected chi connectivity index (χ0v) is 11.8. The zero-order valence-electron chi connectivity index (χ0n) is 9.40. The first-order chi connectivity index (χ1) is 7.80. The third kappa shape index (κ3) is 3.13. The third-order valence-electron chi connectivity index (χ3n) is 2.44. The van der Waals surface area contributed by atoms with E-state index in [1.54, 1.807) is 0 Å². The van der Waals surface area contributed by atoms with Gasteiger partial charge in [-0.2, -0.15) is 8.42 Å². The number of hydrogen-bond acceptors (Lipinski definition) is 5. The third-order valence-corrected chi connectivity index (χ3v) is 3.27. The molecule has 0 aliphatic heterocycles. The molecule has 0 heterocycles. The second-order valence-corrected chi connectivity index (χ2v) is 5.01. The quantitative estimate of drug-likeness (QED) is 0.467. The summed E-state index contributed by atoms with van der Waals surface area (Å²) in [4.78, 5) is -0.397. The molecule has 19 heavy (non-hydrogen) atoms. The summed E-state index contributed by atoms with van der Waals surface area (Å²) in [7, 11) is -4.37. The lowest BCUT2D eigenvalue weighted by atomic mass is 10.1. The van der Waals surface area contributed by atoms with Crippen molar-refractivity contribution in [1.82, 2.24) is 0 Å². The summed E-state index contributed by atoms with van der Waals surface area (Å²) in [5.41, 5.74) is 11.7. The van der Waals surface area contributed by atoms with E-state index >= 15 is 0 Å². The highest BCUT2D eigenvalue weighted by Gasteiger charge is 2.15. The normalized spacial score (nSPS) is 10.6. The van der Waals surface area contributed by atoms with Crippen LogP contribution in [-0.4, -0.2) is 18.1 Å². The molecule has 106 valence electrons. The predicted octanol–water partition coefficient (Wildman–Crippen LogP) is 1.80. The Kier molecular flexibility index (Phi) is 5.28. The Balaban J connectivity index is 0.00000162. The van der Waals surface area contributed by atoms with Gasteiger partial charge in [0.1, 0.15) is 5.75 Å². The van der Waals surface area contributed by atoms with Gasteiger partial charge in [-0.3, -0.25) is 4.55 Å². The van der Waals surface area contributed by atoms with Crippen LogP contribution in [0.5, 0.6) is 5.75 Å². The molecule has 0 bridgehead atoms. The first-order valence-electron chi connectivity index (χ1n) is 4.59. The van der Waals surface area contributed by atoms with Gasteiger partial charge < -0.3 is 16.6 Å². The minimum atomic E-state index is -4.37. The van der Waals surface area contributed by atoms with E-state index in [4.69, 9.17) is 16.0 Å². The van der Waals surface area contributed by atoms with Crippen LogP contribution in [0.1, 0.15) is 0 Å². The molecule has 9 heteroatoms. The number of aromatic hydroxyl groups is 1. The molecule has 0 saturated heterocycles. The van der Waals surface area contributed by atoms with Crippen molar-refractivity contribution < 1.29 is 18.1 Å². The Bertz CT molecular complexity index is 719. The van der Waals surface area contributed by atoms with E-state index in [1.807, 2.05) is 0 Å². The minimum absolute atomic E-state index is 0. The van der Waals surface area contributed by atoms with E-state index in [0.717, 1.165) is 6.07 Å². The topological polar surface area (TPSA) is 127 Å². The molecule has 2 rings (SSSR count). The second-order valence-electron chi connectivity index (χ2n) is 3.58. The lowest BCUT2D eigenvalue weighted by Gasteiger charge is -2.08. The van der Waals surface area contributed by atoms with Crippen LogP contribution in [0.3, 0.4) is 0 Å². The van der Waals surface area contributed by atoms with Gasteiger partial charge in [-0.15, -0.1) is 24.8 Å². The highest BCUT2D eigenvalue weighted by molar-refractivity contribution is 7.85. The van der Waals surface area contributed by atoms with Gasteiger partial charge in [0.2, 0.25) is 0 Å². The molecule has 0 fully saturated rings. The van der Waals surface area contributed by atoms with Crippen molar-refractivity contribution in [2.24, 2.45) is 0 Å². The Hall–Kier alpha value is -1.41. The van der Waals surface area contributed by atoms with E-state index in [9.17, 15) is 13.5 Å². The van der Waals surface area contributed by atoms with E-state index in [1.165, 1.54) is 18.2 Å². The number of nitrogens with two attached hydrogens (primary N) is 2. The van der Waals surface area contributed by atoms with Crippen LogP contribution in [0.2, 0.25) is 0 Å². The number of fused-ring (bicyclic) bond motifs is 1. The van der Waals surface area contributed by atoms with Crippen LogP contribution in [-0.2, 0) is 10.1 Å². The Labute approximate surface area is 122 Å². The summed E-state index contributed by atoms with van der Waals surface area (Å²) in [5, 5.41) is 10.4. The van der Waals surface area contributed by atoms with Gasteiger partial charge in [-0.05, 0) is 17.5 Å². The van der Waals surface area contributed by atoms with Crippen LogP contribution in [0, 0.1) is 0 Å². The fourth-order valence-corrected chi connectivity index (χ4v) is 2.15. The summed E-state index contributed by atoms with van der Waals surface area (Å²) in [6.07, 6.45) is 0. The number of phenols is 1. The van der Waals surface area contributed by atoms with Gasteiger partial charge >= 0.3 is 0 Å². The Morgan fingerprint density at radius 2 is 1.63 bits per heavy atom. The number of hydrogen-bond donors (Lipinski definition) is 4. The van der Waals surface area contributed by atoms with Gasteiger partial charge in [0.15, 0.2) is 0 Å². The zero-order chi connectivity index (χ0) is 12.8. The van der Waals surface area contributed by atoms with Crippen molar-refractivity contribution in [3.05, 3.63) is 24.3 Å². The summed E-state index contributed by atoms with van der Waals surface area (Å²) in [5.74, 6) is -0.347. The molecule has 0 amide bonds. The first-order valence-corrected chi connectivity index (χ1v) is 6.03. The molecule has 0 saturated carbocycles. The van der Waals surface area contributed by atoms with Crippen LogP contribution in [0.15, 0.2) is 29.2 Å². The maximum atomic E-state index is 11.0. The van der Waals surface area contributed by atoms with Crippen LogP contribution in [0.25, 0.3) is 10.8 Å². The van der Waals surface area contributed by atoms with E-state index in [-0.39, 0.29) is 47.3 Å². The van der Waals surface area contributed by atoms with E-state index < -0.39 is 15.0 Å². The number of anilines is 2. The SMILES string of the molecule is Cl.Cl.Nc1ccc2cc(S(=O)(=O)O)cc(O)c2c1N. The van der Waals surface area contributed by atoms with Crippen LogP contribution < -0.4 is 11.5 Å². The second kappa shape index (κ2) is 5.70. The van der Waals surface area contributed by atoms with Gasteiger partial charge in [0.05, 0.1) is 16.3 Å². The molecule has 0 atom stereocenters. The fourth-order valence-electron chi connectivity index (χ4n) is 1.61. The van der Waals surface area contributed by atoms with Crippen molar-refractivity contribution in [3.8, 4) is 5.75 Å². The fraction of sp³-hybridized carbons (Fsp3) is 0. The van der Waals surface area contributed by atoms with Crippen LogP contribution in [0.4, 0.5) is 11.4 Å². The molecule has 6 nitrogen and oxygen atoms in total. The lowest BCUT2D eigenvalue weighted by molar-refractivity contribution is 0.471. The van der Waals surface area contributed by atoms with Gasteiger partial charge in [0, 0.05) is 11.5 Å². The maximum Gasteiger partial charge on any atom is 0.294 e. The molecule has 0 aromatic heterocycles. The predicted molar refractivity (Wildman–Crippen MR) is 78.7 cm³/mol. The summed E-state index contributed by atoms with van der Waals surface area (Å²) in [6, 6.07) is 5.13. The molecular formula is C10H12Cl2N2O4S. The number of halogens is 2. The molecule has 2 aromatic carbocycles. The largest absolute Gasteiger partial charge is 0.507 e. The number of benzene rings is 2. The van der Waals surface area contributed by atoms with Gasteiger partial charge in [-0.1, -0.05) is 6.07 Å². The molecule has 0 radical (unpaired) electrons. The van der Waals surface area contributed by atoms with Crippen molar-refractivity contribution >= 4 is 57.1 Å². The van der Waals surface area contributed by atoms with E-state index in [2.05, 4.69) is 0 Å². The molecule has 2 aromatic rings. The summed E-state index contributed by atoms with van der Waals surface area (Å²) >= 11 is 0. The van der Waals surface area contributed by atoms with Gasteiger partial charge in [-0.25, -0.2) is 0 Å². The molecule has 6 N–H and O–H groups in total. The average Bonchev–Trinajstić information content (AvgIpc) is 2.21. The summed E-state index contributed by atoms with van der Waals surface area (Å²) in [6.45, 7) is 0. The number of phenolic OH excluding ortho intramolecular Hbond substituents is 1. The minimum Gasteiger partial charge on any atom is -0.507 e. The van der Waals surface area contributed by atoms with Crippen molar-refractivity contribution in [1.29, 1.82) is 0 Å². The average molecular weight is 327 g/mol.